The number of carbonyl (C=O) groups excluding carboxylic acids is 1. The summed E-state index contributed by atoms with van der Waals surface area (Å²) < 4.78 is 21.5. The van der Waals surface area contributed by atoms with Crippen LogP contribution in [-0.4, -0.2) is 37.7 Å². The minimum absolute atomic E-state index is 0.0689. The maximum absolute atomic E-state index is 12.0. The van der Waals surface area contributed by atoms with Crippen LogP contribution in [0.2, 0.25) is 0 Å². The number of allylic oxidation sites excluding steroid dienone is 2. The van der Waals surface area contributed by atoms with Crippen molar-refractivity contribution in [2.45, 2.75) is 6.42 Å². The number of carboxylic acid groups (broad SMARTS) is 1. The quantitative estimate of drug-likeness (QED) is 0.554. The van der Waals surface area contributed by atoms with Gasteiger partial charge in [0.2, 0.25) is 15.9 Å². The van der Waals surface area contributed by atoms with Gasteiger partial charge in [-0.05, 0) is 18.3 Å². The number of primary sulfonamides is 1. The van der Waals surface area contributed by atoms with Gasteiger partial charge in [0.25, 0.3) is 0 Å². The molecule has 2 unspecified atom stereocenters. The van der Waals surface area contributed by atoms with Crippen LogP contribution in [0.5, 0.6) is 0 Å². The molecule has 2 bridgehead atoms. The molecular formula is C11H16N2O5S. The molecule has 7 nitrogen and oxygen atoms in total. The normalized spacial score (nSPS) is 32.5. The van der Waals surface area contributed by atoms with E-state index < -0.39 is 33.7 Å². The fourth-order valence-electron chi connectivity index (χ4n) is 2.95. The molecule has 2 aliphatic carbocycles. The van der Waals surface area contributed by atoms with E-state index in [0.29, 0.717) is 6.42 Å². The van der Waals surface area contributed by atoms with Gasteiger partial charge < -0.3 is 10.4 Å². The molecule has 0 aliphatic heterocycles. The summed E-state index contributed by atoms with van der Waals surface area (Å²) in [5.74, 6) is -3.25. The van der Waals surface area contributed by atoms with Crippen LogP contribution >= 0.6 is 0 Å². The zero-order valence-electron chi connectivity index (χ0n) is 10.2. The molecule has 106 valence electrons. The van der Waals surface area contributed by atoms with Crippen molar-refractivity contribution in [2.75, 3.05) is 12.3 Å². The summed E-state index contributed by atoms with van der Waals surface area (Å²) >= 11 is 0. The smallest absolute Gasteiger partial charge is 0.307 e. The molecular weight excluding hydrogens is 272 g/mol. The van der Waals surface area contributed by atoms with Crippen LogP contribution in [0.1, 0.15) is 6.42 Å². The minimum atomic E-state index is -3.63. The van der Waals surface area contributed by atoms with Crippen LogP contribution in [0.15, 0.2) is 12.2 Å². The molecule has 8 heteroatoms. The van der Waals surface area contributed by atoms with Crippen LogP contribution in [0.3, 0.4) is 0 Å². The third-order valence-electron chi connectivity index (χ3n) is 3.73. The van der Waals surface area contributed by atoms with Crippen molar-refractivity contribution < 1.29 is 23.1 Å². The maximum atomic E-state index is 12.0. The Balaban J connectivity index is 1.99. The van der Waals surface area contributed by atoms with Crippen molar-refractivity contribution in [1.29, 1.82) is 0 Å². The van der Waals surface area contributed by atoms with Gasteiger partial charge in [-0.3, -0.25) is 9.59 Å². The second-order valence-corrected chi connectivity index (χ2v) is 6.73. The number of nitrogens with two attached hydrogens (primary N) is 1. The van der Waals surface area contributed by atoms with E-state index in [4.69, 9.17) is 5.14 Å². The lowest BCUT2D eigenvalue weighted by atomic mass is 9.82. The molecule has 1 fully saturated rings. The first-order chi connectivity index (χ1) is 8.79. The molecule has 2 rings (SSSR count). The summed E-state index contributed by atoms with van der Waals surface area (Å²) in [6, 6.07) is 0. The second-order valence-electron chi connectivity index (χ2n) is 5.00. The number of rotatable bonds is 5. The van der Waals surface area contributed by atoms with E-state index in [1.165, 1.54) is 0 Å². The van der Waals surface area contributed by atoms with Crippen LogP contribution in [0, 0.1) is 23.7 Å². The molecule has 1 amide bonds. The highest BCUT2D eigenvalue weighted by molar-refractivity contribution is 7.89. The van der Waals surface area contributed by atoms with Gasteiger partial charge in [-0.1, -0.05) is 12.2 Å². The van der Waals surface area contributed by atoms with Crippen molar-refractivity contribution in [3.8, 4) is 0 Å². The second kappa shape index (κ2) is 4.93. The summed E-state index contributed by atoms with van der Waals surface area (Å²) in [7, 11) is -3.63. The summed E-state index contributed by atoms with van der Waals surface area (Å²) in [5, 5.41) is 16.5. The summed E-state index contributed by atoms with van der Waals surface area (Å²) in [5.41, 5.74) is 0. The van der Waals surface area contributed by atoms with Crippen LogP contribution in [0.4, 0.5) is 0 Å². The molecule has 2 aliphatic rings. The fraction of sp³-hybridized carbons (Fsp3) is 0.636. The monoisotopic (exact) mass is 288 g/mol. The Labute approximate surface area is 110 Å². The molecule has 0 heterocycles. The van der Waals surface area contributed by atoms with E-state index in [1.54, 1.807) is 0 Å². The fourth-order valence-corrected chi connectivity index (χ4v) is 3.34. The SMILES string of the molecule is NS(=O)(=O)CCNC(=O)[C@H]1C2C=CC(C2)[C@H]1C(=O)O. The predicted octanol–water partition coefficient (Wildman–Crippen LogP) is -1.09. The average Bonchev–Trinajstić information content (AvgIpc) is 2.85. The minimum Gasteiger partial charge on any atom is -0.481 e. The third kappa shape index (κ3) is 2.95. The standard InChI is InChI=1S/C11H16N2O5S/c12-19(17,18)4-3-13-10(14)8-6-1-2-7(5-6)9(8)11(15)16/h1-2,6-9H,3-5H2,(H,13,14)(H,15,16)(H2,12,17,18)/t6?,7?,8-,9+/m0/s1. The average molecular weight is 288 g/mol. The number of carboxylic acids is 1. The molecule has 0 aromatic rings. The number of sulfonamides is 1. The number of hydrogen-bond donors (Lipinski definition) is 3. The number of hydrogen-bond acceptors (Lipinski definition) is 4. The van der Waals surface area contributed by atoms with Gasteiger partial charge in [0.15, 0.2) is 0 Å². The lowest BCUT2D eigenvalue weighted by Gasteiger charge is -2.23. The Hall–Kier alpha value is -1.41. The Morgan fingerprint density at radius 3 is 2.37 bits per heavy atom. The van der Waals surface area contributed by atoms with E-state index in [9.17, 15) is 23.1 Å². The van der Waals surface area contributed by atoms with Crippen molar-refractivity contribution in [1.82, 2.24) is 5.32 Å². The predicted molar refractivity (Wildman–Crippen MR) is 66.3 cm³/mol. The van der Waals surface area contributed by atoms with Crippen molar-refractivity contribution in [3.63, 3.8) is 0 Å². The molecule has 4 atom stereocenters. The van der Waals surface area contributed by atoms with Crippen LogP contribution in [0.25, 0.3) is 0 Å². The maximum Gasteiger partial charge on any atom is 0.307 e. The Bertz CT molecular complexity index is 527. The molecule has 4 N–H and O–H groups in total. The first-order valence-corrected chi connectivity index (χ1v) is 7.70. The lowest BCUT2D eigenvalue weighted by molar-refractivity contribution is -0.147. The van der Waals surface area contributed by atoms with E-state index in [1.807, 2.05) is 12.2 Å². The summed E-state index contributed by atoms with van der Waals surface area (Å²) in [6.07, 6.45) is 4.38. The summed E-state index contributed by atoms with van der Waals surface area (Å²) in [6.45, 7) is -0.0956. The third-order valence-corrected chi connectivity index (χ3v) is 4.51. The number of fused-ring (bicyclic) bond motifs is 2. The molecule has 0 saturated heterocycles. The first kappa shape index (κ1) is 14.0. The van der Waals surface area contributed by atoms with Gasteiger partial charge in [-0.25, -0.2) is 13.6 Å². The van der Waals surface area contributed by atoms with Gasteiger partial charge in [0.1, 0.15) is 0 Å². The summed E-state index contributed by atoms with van der Waals surface area (Å²) in [4.78, 5) is 23.2. The molecule has 0 radical (unpaired) electrons. The lowest BCUT2D eigenvalue weighted by Crippen LogP contribution is -2.42. The topological polar surface area (TPSA) is 127 Å². The van der Waals surface area contributed by atoms with Gasteiger partial charge in [-0.15, -0.1) is 0 Å². The van der Waals surface area contributed by atoms with Gasteiger partial charge in [-0.2, -0.15) is 0 Å². The Morgan fingerprint density at radius 2 is 1.84 bits per heavy atom. The number of amides is 1. The molecule has 0 aromatic heterocycles. The van der Waals surface area contributed by atoms with Crippen molar-refractivity contribution >= 4 is 21.9 Å². The largest absolute Gasteiger partial charge is 0.481 e. The van der Waals surface area contributed by atoms with E-state index in [2.05, 4.69) is 5.32 Å². The van der Waals surface area contributed by atoms with Gasteiger partial charge in [0, 0.05) is 6.54 Å². The highest BCUT2D eigenvalue weighted by Crippen LogP contribution is 2.48. The zero-order chi connectivity index (χ0) is 14.2. The number of carbonyl (C=O) groups is 2. The van der Waals surface area contributed by atoms with E-state index in [0.717, 1.165) is 0 Å². The molecule has 19 heavy (non-hydrogen) atoms. The first-order valence-electron chi connectivity index (χ1n) is 5.99. The van der Waals surface area contributed by atoms with Gasteiger partial charge >= 0.3 is 5.97 Å². The highest BCUT2D eigenvalue weighted by atomic mass is 32.2. The zero-order valence-corrected chi connectivity index (χ0v) is 11.0. The Kier molecular flexibility index (Phi) is 3.64. The number of nitrogens with one attached hydrogen (secondary N) is 1. The molecule has 0 aromatic carbocycles. The van der Waals surface area contributed by atoms with Crippen LogP contribution in [-0.2, 0) is 19.6 Å². The van der Waals surface area contributed by atoms with Crippen molar-refractivity contribution in [2.24, 2.45) is 28.8 Å². The van der Waals surface area contributed by atoms with Crippen molar-refractivity contribution in [3.05, 3.63) is 12.2 Å². The highest BCUT2D eigenvalue weighted by Gasteiger charge is 2.51. The molecule has 1 saturated carbocycles. The van der Waals surface area contributed by atoms with Crippen LogP contribution < -0.4 is 10.5 Å². The van der Waals surface area contributed by atoms with Gasteiger partial charge in [0.05, 0.1) is 17.6 Å². The molecule has 0 spiro atoms. The van der Waals surface area contributed by atoms with E-state index in [-0.39, 0.29) is 24.1 Å². The Morgan fingerprint density at radius 1 is 1.26 bits per heavy atom. The number of aliphatic carboxylic acids is 1. The van der Waals surface area contributed by atoms with E-state index >= 15 is 0 Å².